The molecule has 1 atom stereocenters. The Labute approximate surface area is 154 Å². The van der Waals surface area contributed by atoms with E-state index in [0.717, 1.165) is 11.1 Å². The Morgan fingerprint density at radius 1 is 0.962 bits per heavy atom. The second-order valence-electron chi connectivity index (χ2n) is 6.48. The van der Waals surface area contributed by atoms with E-state index < -0.39 is 12.0 Å². The number of benzene rings is 2. The van der Waals surface area contributed by atoms with Crippen molar-refractivity contribution in [2.75, 3.05) is 13.2 Å². The van der Waals surface area contributed by atoms with Crippen molar-refractivity contribution in [2.24, 2.45) is 0 Å². The zero-order valence-electron chi connectivity index (χ0n) is 14.8. The van der Waals surface area contributed by atoms with Gasteiger partial charge in [-0.15, -0.1) is 0 Å². The van der Waals surface area contributed by atoms with Crippen molar-refractivity contribution in [3.63, 3.8) is 0 Å². The van der Waals surface area contributed by atoms with Gasteiger partial charge in [0.05, 0.1) is 13.2 Å². The van der Waals surface area contributed by atoms with E-state index in [1.807, 2.05) is 65.6 Å². The second kappa shape index (κ2) is 9.48. The molecule has 0 unspecified atom stereocenters. The van der Waals surface area contributed by atoms with Crippen molar-refractivity contribution in [2.45, 2.75) is 38.3 Å². The molecule has 0 spiro atoms. The molecule has 0 amide bonds. The van der Waals surface area contributed by atoms with E-state index in [4.69, 9.17) is 9.47 Å². The monoisotopic (exact) mass is 355 g/mol. The van der Waals surface area contributed by atoms with Crippen LogP contribution in [-0.4, -0.2) is 41.5 Å². The first-order valence-corrected chi connectivity index (χ1v) is 9.00. The van der Waals surface area contributed by atoms with Gasteiger partial charge in [-0.25, -0.2) is 0 Å². The van der Waals surface area contributed by atoms with E-state index in [1.54, 1.807) is 0 Å². The number of carboxylic acids is 1. The molecule has 5 nitrogen and oxygen atoms in total. The maximum absolute atomic E-state index is 12.0. The van der Waals surface area contributed by atoms with Crippen LogP contribution in [0, 0.1) is 0 Å². The molecule has 1 fully saturated rings. The minimum atomic E-state index is -0.810. The Balaban J connectivity index is 1.74. The minimum Gasteiger partial charge on any atom is -0.480 e. The van der Waals surface area contributed by atoms with Gasteiger partial charge in [-0.05, 0) is 17.5 Å². The summed E-state index contributed by atoms with van der Waals surface area (Å²) in [6.45, 7) is 2.33. The fourth-order valence-electron chi connectivity index (χ4n) is 3.24. The maximum Gasteiger partial charge on any atom is 0.320 e. The summed E-state index contributed by atoms with van der Waals surface area (Å²) < 4.78 is 10.9. The summed E-state index contributed by atoms with van der Waals surface area (Å²) in [5.74, 6) is -0.810. The van der Waals surface area contributed by atoms with Crippen LogP contribution < -0.4 is 0 Å². The minimum absolute atomic E-state index is 0.285. The third-order valence-electron chi connectivity index (χ3n) is 4.55. The third-order valence-corrected chi connectivity index (χ3v) is 4.55. The van der Waals surface area contributed by atoms with Crippen molar-refractivity contribution in [1.29, 1.82) is 0 Å². The molecular weight excluding hydrogens is 330 g/mol. The zero-order valence-corrected chi connectivity index (χ0v) is 14.8. The quantitative estimate of drug-likeness (QED) is 0.748. The highest BCUT2D eigenvalue weighted by atomic mass is 16.7. The number of carboxylic acid groups (broad SMARTS) is 1. The Bertz CT molecular complexity index is 629. The topological polar surface area (TPSA) is 59.0 Å². The number of rotatable bonds is 9. The molecule has 1 aliphatic heterocycles. The molecule has 0 radical (unpaired) electrons. The van der Waals surface area contributed by atoms with Crippen LogP contribution in [0.4, 0.5) is 0 Å². The lowest BCUT2D eigenvalue weighted by atomic mass is 10.1. The van der Waals surface area contributed by atoms with Crippen LogP contribution in [0.3, 0.4) is 0 Å². The molecule has 5 heteroatoms. The molecule has 26 heavy (non-hydrogen) atoms. The molecule has 0 saturated carbocycles. The standard InChI is InChI=1S/C21H25NO4/c23-21(24)19(11-12-20-25-13-14-26-20)22(15-17-7-3-1-4-8-17)16-18-9-5-2-6-10-18/h1-10,19-20H,11-16H2,(H,23,24)/t19-/m0/s1. The van der Waals surface area contributed by atoms with E-state index >= 15 is 0 Å². The van der Waals surface area contributed by atoms with Gasteiger partial charge >= 0.3 is 5.97 Å². The first-order valence-electron chi connectivity index (χ1n) is 9.00. The fraction of sp³-hybridized carbons (Fsp3) is 0.381. The predicted molar refractivity (Wildman–Crippen MR) is 98.5 cm³/mol. The summed E-state index contributed by atoms with van der Waals surface area (Å²) in [6.07, 6.45) is 0.781. The second-order valence-corrected chi connectivity index (χ2v) is 6.48. The summed E-state index contributed by atoms with van der Waals surface area (Å²) >= 11 is 0. The third kappa shape index (κ3) is 5.39. The Morgan fingerprint density at radius 2 is 1.46 bits per heavy atom. The number of hydrogen-bond acceptors (Lipinski definition) is 4. The highest BCUT2D eigenvalue weighted by Gasteiger charge is 2.28. The number of ether oxygens (including phenoxy) is 2. The smallest absolute Gasteiger partial charge is 0.320 e. The lowest BCUT2D eigenvalue weighted by Crippen LogP contribution is -2.41. The highest BCUT2D eigenvalue weighted by molar-refractivity contribution is 5.73. The van der Waals surface area contributed by atoms with Gasteiger partial charge in [0, 0.05) is 19.5 Å². The lowest BCUT2D eigenvalue weighted by molar-refractivity contribution is -0.145. The Morgan fingerprint density at radius 3 is 1.92 bits per heavy atom. The van der Waals surface area contributed by atoms with Gasteiger partial charge in [-0.3, -0.25) is 9.69 Å². The highest BCUT2D eigenvalue weighted by Crippen LogP contribution is 2.20. The molecular formula is C21H25NO4. The number of carbonyl (C=O) groups is 1. The molecule has 0 aliphatic carbocycles. The number of aliphatic carboxylic acids is 1. The molecule has 2 aromatic carbocycles. The van der Waals surface area contributed by atoms with Crippen molar-refractivity contribution < 1.29 is 19.4 Å². The molecule has 1 saturated heterocycles. The zero-order chi connectivity index (χ0) is 18.2. The molecule has 1 heterocycles. The average Bonchev–Trinajstić information content (AvgIpc) is 3.17. The summed E-state index contributed by atoms with van der Waals surface area (Å²) in [5.41, 5.74) is 2.20. The van der Waals surface area contributed by atoms with E-state index in [2.05, 4.69) is 0 Å². The molecule has 0 aromatic heterocycles. The normalized spacial score (nSPS) is 16.0. The Kier molecular flexibility index (Phi) is 6.77. The van der Waals surface area contributed by atoms with Gasteiger partial charge in [0.2, 0.25) is 0 Å². The van der Waals surface area contributed by atoms with Crippen LogP contribution >= 0.6 is 0 Å². The summed E-state index contributed by atoms with van der Waals surface area (Å²) in [4.78, 5) is 14.0. The summed E-state index contributed by atoms with van der Waals surface area (Å²) in [5, 5.41) is 9.85. The van der Waals surface area contributed by atoms with Crippen molar-refractivity contribution in [3.8, 4) is 0 Å². The average molecular weight is 355 g/mol. The van der Waals surface area contributed by atoms with Crippen LogP contribution in [0.15, 0.2) is 60.7 Å². The molecule has 0 bridgehead atoms. The van der Waals surface area contributed by atoms with Gasteiger partial charge in [0.25, 0.3) is 0 Å². The number of nitrogens with zero attached hydrogens (tertiary/aromatic N) is 1. The maximum atomic E-state index is 12.0. The largest absolute Gasteiger partial charge is 0.480 e. The van der Waals surface area contributed by atoms with Gasteiger partial charge < -0.3 is 14.6 Å². The first-order chi connectivity index (χ1) is 12.7. The van der Waals surface area contributed by atoms with E-state index in [9.17, 15) is 9.90 Å². The predicted octanol–water partition coefficient (Wildman–Crippen LogP) is 3.30. The van der Waals surface area contributed by atoms with E-state index in [0.29, 0.717) is 39.1 Å². The van der Waals surface area contributed by atoms with Crippen molar-refractivity contribution in [1.82, 2.24) is 4.90 Å². The van der Waals surface area contributed by atoms with Crippen LogP contribution in [0.25, 0.3) is 0 Å². The summed E-state index contributed by atoms with van der Waals surface area (Å²) in [7, 11) is 0. The van der Waals surface area contributed by atoms with Crippen LogP contribution in [-0.2, 0) is 27.4 Å². The van der Waals surface area contributed by atoms with Crippen LogP contribution in [0.1, 0.15) is 24.0 Å². The van der Waals surface area contributed by atoms with E-state index in [1.165, 1.54) is 0 Å². The van der Waals surface area contributed by atoms with E-state index in [-0.39, 0.29) is 6.29 Å². The van der Waals surface area contributed by atoms with Gasteiger partial charge in [0.15, 0.2) is 6.29 Å². The van der Waals surface area contributed by atoms with Gasteiger partial charge in [0.1, 0.15) is 6.04 Å². The molecule has 138 valence electrons. The van der Waals surface area contributed by atoms with Crippen molar-refractivity contribution >= 4 is 5.97 Å². The fourth-order valence-corrected chi connectivity index (χ4v) is 3.24. The van der Waals surface area contributed by atoms with Crippen molar-refractivity contribution in [3.05, 3.63) is 71.8 Å². The van der Waals surface area contributed by atoms with Gasteiger partial charge in [-0.1, -0.05) is 60.7 Å². The van der Waals surface area contributed by atoms with Gasteiger partial charge in [-0.2, -0.15) is 0 Å². The first kappa shape index (κ1) is 18.6. The van der Waals surface area contributed by atoms with Crippen LogP contribution in [0.5, 0.6) is 0 Å². The Hall–Kier alpha value is -2.21. The molecule has 1 N–H and O–H groups in total. The molecule has 1 aliphatic rings. The van der Waals surface area contributed by atoms with Crippen LogP contribution in [0.2, 0.25) is 0 Å². The lowest BCUT2D eigenvalue weighted by Gasteiger charge is -2.29. The SMILES string of the molecule is O=C(O)[C@H](CCC1OCCO1)N(Cc1ccccc1)Cc1ccccc1. The number of hydrogen-bond donors (Lipinski definition) is 1. The molecule has 2 aromatic rings. The summed E-state index contributed by atoms with van der Waals surface area (Å²) in [6, 6.07) is 19.4. The molecule has 3 rings (SSSR count).